The monoisotopic (exact) mass is 402 g/mol. The number of aryl methyl sites for hydroxylation is 1. The number of benzene rings is 2. The predicted octanol–water partition coefficient (Wildman–Crippen LogP) is 5.38. The predicted molar refractivity (Wildman–Crippen MR) is 106 cm³/mol. The second-order valence-electron chi connectivity index (χ2n) is 6.79. The molecule has 3 rings (SSSR count). The Morgan fingerprint density at radius 1 is 1.14 bits per heavy atom. The highest BCUT2D eigenvalue weighted by molar-refractivity contribution is 5.97. The van der Waals surface area contributed by atoms with Crippen LogP contribution in [0, 0.1) is 6.92 Å². The van der Waals surface area contributed by atoms with Crippen LogP contribution >= 0.6 is 0 Å². The van der Waals surface area contributed by atoms with E-state index in [0.29, 0.717) is 17.8 Å². The summed E-state index contributed by atoms with van der Waals surface area (Å²) in [4.78, 5) is 18.5. The molecule has 0 atom stereocenters. The lowest BCUT2D eigenvalue weighted by molar-refractivity contribution is -0.137. The molecule has 3 aromatic rings. The maximum atomic E-state index is 13.2. The number of anilines is 1. The molecule has 0 amide bonds. The minimum atomic E-state index is -4.55. The molecule has 0 unspecified atom stereocenters. The van der Waals surface area contributed by atoms with Crippen molar-refractivity contribution in [2.45, 2.75) is 26.6 Å². The van der Waals surface area contributed by atoms with Gasteiger partial charge in [-0.1, -0.05) is 24.3 Å². The van der Waals surface area contributed by atoms with Gasteiger partial charge in [0.05, 0.1) is 35.7 Å². The molecule has 0 fully saturated rings. The van der Waals surface area contributed by atoms with Gasteiger partial charge in [0.15, 0.2) is 0 Å². The number of fused-ring (bicyclic) bond motifs is 1. The lowest BCUT2D eigenvalue weighted by Crippen LogP contribution is -2.23. The first kappa shape index (κ1) is 20.6. The Labute approximate surface area is 166 Å². The van der Waals surface area contributed by atoms with Crippen LogP contribution in [0.15, 0.2) is 48.7 Å². The van der Waals surface area contributed by atoms with Gasteiger partial charge in [-0.05, 0) is 43.0 Å². The molecule has 0 saturated carbocycles. The largest absolute Gasteiger partial charge is 0.462 e. The first-order valence-corrected chi connectivity index (χ1v) is 9.14. The summed E-state index contributed by atoms with van der Waals surface area (Å²) in [5, 5.41) is 2.01. The Bertz CT molecular complexity index is 1050. The number of aromatic nitrogens is 1. The number of carbonyl (C=O) groups excluding carboxylic acids is 1. The van der Waals surface area contributed by atoms with Gasteiger partial charge in [0.25, 0.3) is 0 Å². The summed E-state index contributed by atoms with van der Waals surface area (Å²) in [6, 6.07) is 11.6. The van der Waals surface area contributed by atoms with Crippen LogP contribution in [0.2, 0.25) is 0 Å². The molecule has 0 bridgehead atoms. The van der Waals surface area contributed by atoms with Crippen molar-refractivity contribution in [2.75, 3.05) is 18.6 Å². The van der Waals surface area contributed by atoms with Crippen LogP contribution < -0.4 is 4.90 Å². The van der Waals surface area contributed by atoms with Crippen molar-refractivity contribution in [3.63, 3.8) is 0 Å². The Hall–Kier alpha value is -3.09. The van der Waals surface area contributed by atoms with E-state index in [4.69, 9.17) is 4.74 Å². The molecule has 0 spiro atoms. The van der Waals surface area contributed by atoms with Gasteiger partial charge < -0.3 is 9.64 Å². The molecule has 0 aliphatic heterocycles. The van der Waals surface area contributed by atoms with Gasteiger partial charge in [-0.15, -0.1) is 0 Å². The third-order valence-corrected chi connectivity index (χ3v) is 4.59. The molecule has 152 valence electrons. The van der Waals surface area contributed by atoms with Gasteiger partial charge in [-0.2, -0.15) is 13.2 Å². The standard InChI is InChI=1S/C22H21F3N2O2/c1-4-29-21(28)19-11-17(22(23,24)25)9-14(2)20(19)27(3)13-18-10-15-7-5-6-8-16(15)12-26-18/h5-12H,4,13H2,1-3H3. The van der Waals surface area contributed by atoms with E-state index in [-0.39, 0.29) is 12.2 Å². The summed E-state index contributed by atoms with van der Waals surface area (Å²) in [5.41, 5.74) is 0.486. The van der Waals surface area contributed by atoms with Crippen molar-refractivity contribution in [3.8, 4) is 0 Å². The lowest BCUT2D eigenvalue weighted by atomic mass is 10.0. The van der Waals surface area contributed by atoms with E-state index in [0.717, 1.165) is 28.6 Å². The third kappa shape index (κ3) is 4.50. The average Bonchev–Trinajstić information content (AvgIpc) is 2.66. The van der Waals surface area contributed by atoms with Crippen LogP contribution in [0.3, 0.4) is 0 Å². The van der Waals surface area contributed by atoms with Crippen molar-refractivity contribution in [3.05, 3.63) is 71.0 Å². The molecule has 7 heteroatoms. The van der Waals surface area contributed by atoms with Crippen LogP contribution in [-0.2, 0) is 17.5 Å². The number of rotatable bonds is 5. The summed E-state index contributed by atoms with van der Waals surface area (Å²) >= 11 is 0. The van der Waals surface area contributed by atoms with Crippen molar-refractivity contribution in [1.82, 2.24) is 4.98 Å². The highest BCUT2D eigenvalue weighted by Crippen LogP contribution is 2.36. The van der Waals surface area contributed by atoms with Crippen LogP contribution in [0.1, 0.15) is 34.1 Å². The van der Waals surface area contributed by atoms with E-state index in [1.165, 1.54) is 0 Å². The first-order valence-electron chi connectivity index (χ1n) is 9.14. The summed E-state index contributed by atoms with van der Waals surface area (Å²) in [6.07, 6.45) is -2.80. The minimum absolute atomic E-state index is 0.0729. The van der Waals surface area contributed by atoms with Gasteiger partial charge in [0.2, 0.25) is 0 Å². The summed E-state index contributed by atoms with van der Waals surface area (Å²) < 4.78 is 44.7. The van der Waals surface area contributed by atoms with Gasteiger partial charge in [-0.25, -0.2) is 4.79 Å². The molecule has 4 nitrogen and oxygen atoms in total. The Morgan fingerprint density at radius 2 is 1.83 bits per heavy atom. The zero-order chi connectivity index (χ0) is 21.2. The number of alkyl halides is 3. The number of pyridine rings is 1. The molecule has 0 aliphatic rings. The highest BCUT2D eigenvalue weighted by atomic mass is 19.4. The molecular formula is C22H21F3N2O2. The Kier molecular flexibility index (Phi) is 5.77. The quantitative estimate of drug-likeness (QED) is 0.538. The molecule has 0 aliphatic carbocycles. The molecule has 1 aromatic heterocycles. The number of halogens is 3. The summed E-state index contributed by atoms with van der Waals surface area (Å²) in [6.45, 7) is 3.56. The summed E-state index contributed by atoms with van der Waals surface area (Å²) in [5.74, 6) is -0.782. The van der Waals surface area contributed by atoms with Crippen LogP contribution in [0.25, 0.3) is 10.8 Å². The van der Waals surface area contributed by atoms with Gasteiger partial charge in [-0.3, -0.25) is 4.98 Å². The maximum absolute atomic E-state index is 13.2. The molecule has 0 radical (unpaired) electrons. The molecule has 29 heavy (non-hydrogen) atoms. The zero-order valence-corrected chi connectivity index (χ0v) is 16.4. The number of esters is 1. The third-order valence-electron chi connectivity index (χ3n) is 4.59. The highest BCUT2D eigenvalue weighted by Gasteiger charge is 2.33. The second-order valence-corrected chi connectivity index (χ2v) is 6.79. The molecule has 1 heterocycles. The van der Waals surface area contributed by atoms with Crippen LogP contribution in [0.5, 0.6) is 0 Å². The zero-order valence-electron chi connectivity index (χ0n) is 16.4. The summed E-state index contributed by atoms with van der Waals surface area (Å²) in [7, 11) is 1.72. The van der Waals surface area contributed by atoms with Crippen molar-refractivity contribution >= 4 is 22.4 Å². The second kappa shape index (κ2) is 8.11. The normalized spacial score (nSPS) is 11.5. The van der Waals surface area contributed by atoms with Crippen LogP contribution in [-0.4, -0.2) is 24.6 Å². The number of hydrogen-bond acceptors (Lipinski definition) is 4. The molecule has 0 saturated heterocycles. The van der Waals surface area contributed by atoms with Gasteiger partial charge in [0.1, 0.15) is 0 Å². The molecular weight excluding hydrogens is 381 g/mol. The average molecular weight is 402 g/mol. The molecule has 2 aromatic carbocycles. The first-order chi connectivity index (χ1) is 13.7. The molecule has 0 N–H and O–H groups in total. The lowest BCUT2D eigenvalue weighted by Gasteiger charge is -2.25. The van der Waals surface area contributed by atoms with Crippen LogP contribution in [0.4, 0.5) is 18.9 Å². The fourth-order valence-corrected chi connectivity index (χ4v) is 3.35. The number of carbonyl (C=O) groups is 1. The fraction of sp³-hybridized carbons (Fsp3) is 0.273. The van der Waals surface area contributed by atoms with Crippen molar-refractivity contribution in [1.29, 1.82) is 0 Å². The van der Waals surface area contributed by atoms with Gasteiger partial charge >= 0.3 is 12.1 Å². The smallest absolute Gasteiger partial charge is 0.416 e. The van der Waals surface area contributed by atoms with E-state index >= 15 is 0 Å². The van der Waals surface area contributed by atoms with E-state index in [1.54, 1.807) is 32.0 Å². The van der Waals surface area contributed by atoms with E-state index in [1.807, 2.05) is 30.3 Å². The number of hydrogen-bond donors (Lipinski definition) is 0. The Morgan fingerprint density at radius 3 is 2.48 bits per heavy atom. The van der Waals surface area contributed by atoms with E-state index < -0.39 is 17.7 Å². The van der Waals surface area contributed by atoms with E-state index in [2.05, 4.69) is 4.98 Å². The number of ether oxygens (including phenoxy) is 1. The minimum Gasteiger partial charge on any atom is -0.462 e. The maximum Gasteiger partial charge on any atom is 0.416 e. The Balaban J connectivity index is 2.01. The number of nitrogens with zero attached hydrogens (tertiary/aromatic N) is 2. The SMILES string of the molecule is CCOC(=O)c1cc(C(F)(F)F)cc(C)c1N(C)Cc1cc2ccccc2cn1. The van der Waals surface area contributed by atoms with Crippen molar-refractivity contribution < 1.29 is 22.7 Å². The van der Waals surface area contributed by atoms with E-state index in [9.17, 15) is 18.0 Å². The fourth-order valence-electron chi connectivity index (χ4n) is 3.35. The topological polar surface area (TPSA) is 42.4 Å². The van der Waals surface area contributed by atoms with Crippen molar-refractivity contribution in [2.24, 2.45) is 0 Å². The van der Waals surface area contributed by atoms with Gasteiger partial charge in [0, 0.05) is 18.6 Å².